The van der Waals surface area contributed by atoms with Crippen molar-refractivity contribution in [1.29, 1.82) is 0 Å². The molecule has 0 unspecified atom stereocenters. The van der Waals surface area contributed by atoms with Crippen molar-refractivity contribution in [2.75, 3.05) is 0 Å². The molecule has 3 heteroatoms. The predicted octanol–water partition coefficient (Wildman–Crippen LogP) is 5.25. The van der Waals surface area contributed by atoms with Gasteiger partial charge in [-0.3, -0.25) is 4.79 Å². The monoisotopic (exact) mass is 353 g/mol. The lowest BCUT2D eigenvalue weighted by Gasteiger charge is -2.21. The maximum Gasteiger partial charge on any atom is 0.261 e. The lowest BCUT2D eigenvalue weighted by molar-refractivity contribution is -0.127. The van der Waals surface area contributed by atoms with Crippen molar-refractivity contribution in [3.8, 4) is 5.75 Å². The SMILES string of the molecule is Cc1ccc([C@H](C)NC(=O)[C@H](C)Oc2ccc(C(C)(C)C)cc2)cc1C. The van der Waals surface area contributed by atoms with Gasteiger partial charge in [-0.1, -0.05) is 51.1 Å². The molecule has 3 nitrogen and oxygen atoms in total. The molecule has 26 heavy (non-hydrogen) atoms. The highest BCUT2D eigenvalue weighted by molar-refractivity contribution is 5.81. The number of ether oxygens (including phenoxy) is 1. The van der Waals surface area contributed by atoms with Gasteiger partial charge < -0.3 is 10.1 Å². The first-order valence-corrected chi connectivity index (χ1v) is 9.22. The van der Waals surface area contributed by atoms with Gasteiger partial charge in [0.15, 0.2) is 6.10 Å². The molecule has 0 bridgehead atoms. The van der Waals surface area contributed by atoms with E-state index in [1.165, 1.54) is 16.7 Å². The van der Waals surface area contributed by atoms with Crippen LogP contribution in [0.5, 0.6) is 5.75 Å². The number of hydrogen-bond donors (Lipinski definition) is 1. The van der Waals surface area contributed by atoms with Crippen LogP contribution in [0.15, 0.2) is 42.5 Å². The van der Waals surface area contributed by atoms with Crippen LogP contribution in [-0.2, 0) is 10.2 Å². The molecular formula is C23H31NO2. The molecule has 0 saturated heterocycles. The fourth-order valence-electron chi connectivity index (χ4n) is 2.74. The van der Waals surface area contributed by atoms with E-state index < -0.39 is 6.10 Å². The summed E-state index contributed by atoms with van der Waals surface area (Å²) in [5.41, 5.74) is 4.92. The summed E-state index contributed by atoms with van der Waals surface area (Å²) >= 11 is 0. The quantitative estimate of drug-likeness (QED) is 0.798. The Hall–Kier alpha value is -2.29. The summed E-state index contributed by atoms with van der Waals surface area (Å²) in [7, 11) is 0. The van der Waals surface area contributed by atoms with Crippen LogP contribution in [0.3, 0.4) is 0 Å². The Kier molecular flexibility index (Phi) is 6.12. The van der Waals surface area contributed by atoms with E-state index in [9.17, 15) is 4.79 Å². The zero-order chi connectivity index (χ0) is 19.5. The number of carbonyl (C=O) groups excluding carboxylic acids is 1. The third-order valence-corrected chi connectivity index (χ3v) is 4.79. The summed E-state index contributed by atoms with van der Waals surface area (Å²) in [4.78, 5) is 12.5. The molecule has 2 aromatic rings. The summed E-state index contributed by atoms with van der Waals surface area (Å²) in [5.74, 6) is 0.593. The van der Waals surface area contributed by atoms with E-state index in [0.29, 0.717) is 5.75 Å². The van der Waals surface area contributed by atoms with Crippen molar-refractivity contribution in [2.24, 2.45) is 0 Å². The van der Waals surface area contributed by atoms with Crippen LogP contribution in [0.4, 0.5) is 0 Å². The molecule has 0 aliphatic carbocycles. The van der Waals surface area contributed by atoms with Gasteiger partial charge in [0.05, 0.1) is 6.04 Å². The molecule has 2 rings (SSSR count). The number of carbonyl (C=O) groups is 1. The Bertz CT molecular complexity index is 757. The first kappa shape index (κ1) is 20.0. The van der Waals surface area contributed by atoms with Gasteiger partial charge in [-0.15, -0.1) is 0 Å². The topological polar surface area (TPSA) is 38.3 Å². The molecule has 0 radical (unpaired) electrons. The number of benzene rings is 2. The maximum absolute atomic E-state index is 12.5. The zero-order valence-corrected chi connectivity index (χ0v) is 17.0. The van der Waals surface area contributed by atoms with Gasteiger partial charge in [-0.05, 0) is 67.5 Å². The second-order valence-electron chi connectivity index (χ2n) is 8.11. The van der Waals surface area contributed by atoms with Crippen molar-refractivity contribution >= 4 is 5.91 Å². The Labute approximate surface area is 157 Å². The van der Waals surface area contributed by atoms with E-state index in [1.807, 2.05) is 19.1 Å². The minimum Gasteiger partial charge on any atom is -0.481 e. The minimum absolute atomic E-state index is 0.0592. The van der Waals surface area contributed by atoms with E-state index in [-0.39, 0.29) is 17.4 Å². The molecule has 0 saturated carbocycles. The third kappa shape index (κ3) is 5.10. The summed E-state index contributed by atoms with van der Waals surface area (Å²) in [5, 5.41) is 3.03. The van der Waals surface area contributed by atoms with Crippen molar-refractivity contribution in [1.82, 2.24) is 5.32 Å². The van der Waals surface area contributed by atoms with E-state index in [2.05, 4.69) is 70.3 Å². The Morgan fingerprint density at radius 3 is 2.12 bits per heavy atom. The van der Waals surface area contributed by atoms with Crippen molar-refractivity contribution in [3.05, 3.63) is 64.7 Å². The summed E-state index contributed by atoms with van der Waals surface area (Å²) < 4.78 is 5.81. The van der Waals surface area contributed by atoms with Gasteiger partial charge in [0.25, 0.3) is 5.91 Å². The molecule has 1 amide bonds. The van der Waals surface area contributed by atoms with Crippen molar-refractivity contribution in [2.45, 2.75) is 66.0 Å². The lowest BCUT2D eigenvalue weighted by Crippen LogP contribution is -2.37. The van der Waals surface area contributed by atoms with Crippen LogP contribution in [0, 0.1) is 13.8 Å². The van der Waals surface area contributed by atoms with Crippen LogP contribution in [0.1, 0.15) is 62.9 Å². The number of nitrogens with one attached hydrogen (secondary N) is 1. The van der Waals surface area contributed by atoms with E-state index in [0.717, 1.165) is 5.56 Å². The van der Waals surface area contributed by atoms with Gasteiger partial charge in [0.2, 0.25) is 0 Å². The van der Waals surface area contributed by atoms with Gasteiger partial charge >= 0.3 is 0 Å². The third-order valence-electron chi connectivity index (χ3n) is 4.79. The fraction of sp³-hybridized carbons (Fsp3) is 0.435. The molecule has 0 heterocycles. The first-order valence-electron chi connectivity index (χ1n) is 9.22. The molecule has 0 spiro atoms. The summed E-state index contributed by atoms with van der Waals surface area (Å²) in [6.45, 7) is 14.5. The largest absolute Gasteiger partial charge is 0.481 e. The van der Waals surface area contributed by atoms with Crippen LogP contribution in [0.2, 0.25) is 0 Å². The molecule has 0 aromatic heterocycles. The highest BCUT2D eigenvalue weighted by Crippen LogP contribution is 2.25. The molecular weight excluding hydrogens is 322 g/mol. The zero-order valence-electron chi connectivity index (χ0n) is 17.0. The number of hydrogen-bond acceptors (Lipinski definition) is 2. The maximum atomic E-state index is 12.5. The number of amides is 1. The van der Waals surface area contributed by atoms with Gasteiger partial charge in [-0.25, -0.2) is 0 Å². The minimum atomic E-state index is -0.551. The molecule has 0 fully saturated rings. The molecule has 140 valence electrons. The summed E-state index contributed by atoms with van der Waals surface area (Å²) in [6, 6.07) is 14.2. The van der Waals surface area contributed by atoms with Crippen LogP contribution in [0.25, 0.3) is 0 Å². The molecule has 0 aliphatic heterocycles. The van der Waals surface area contributed by atoms with E-state index in [4.69, 9.17) is 4.74 Å². The number of rotatable bonds is 5. The van der Waals surface area contributed by atoms with Crippen LogP contribution >= 0.6 is 0 Å². The lowest BCUT2D eigenvalue weighted by atomic mass is 9.87. The average Bonchev–Trinajstić information content (AvgIpc) is 2.56. The van der Waals surface area contributed by atoms with E-state index in [1.54, 1.807) is 6.92 Å². The van der Waals surface area contributed by atoms with Gasteiger partial charge in [0.1, 0.15) is 5.75 Å². The Morgan fingerprint density at radius 1 is 0.962 bits per heavy atom. The molecule has 2 atom stereocenters. The van der Waals surface area contributed by atoms with Crippen molar-refractivity contribution < 1.29 is 9.53 Å². The van der Waals surface area contributed by atoms with Crippen LogP contribution in [-0.4, -0.2) is 12.0 Å². The van der Waals surface area contributed by atoms with Gasteiger partial charge in [-0.2, -0.15) is 0 Å². The second kappa shape index (κ2) is 7.94. The molecule has 1 N–H and O–H groups in total. The second-order valence-corrected chi connectivity index (χ2v) is 8.11. The smallest absolute Gasteiger partial charge is 0.261 e. The summed E-state index contributed by atoms with van der Waals surface area (Å²) in [6.07, 6.45) is -0.551. The average molecular weight is 354 g/mol. The normalized spacial score (nSPS) is 13.8. The predicted molar refractivity (Wildman–Crippen MR) is 108 cm³/mol. The van der Waals surface area contributed by atoms with Crippen molar-refractivity contribution in [3.63, 3.8) is 0 Å². The first-order chi connectivity index (χ1) is 12.1. The van der Waals surface area contributed by atoms with Crippen LogP contribution < -0.4 is 10.1 Å². The Morgan fingerprint density at radius 2 is 1.58 bits per heavy atom. The Balaban J connectivity index is 1.97. The highest BCUT2D eigenvalue weighted by Gasteiger charge is 2.19. The molecule has 2 aromatic carbocycles. The van der Waals surface area contributed by atoms with Gasteiger partial charge in [0, 0.05) is 0 Å². The standard InChI is InChI=1S/C23H31NO2/c1-15-8-9-19(14-16(15)2)17(3)24-22(25)18(4)26-21-12-10-20(11-13-21)23(5,6)7/h8-14,17-18H,1-7H3,(H,24,25)/t17-,18-/m0/s1. The van der Waals surface area contributed by atoms with E-state index >= 15 is 0 Å². The fourth-order valence-corrected chi connectivity index (χ4v) is 2.74. The molecule has 0 aliphatic rings. The number of aryl methyl sites for hydroxylation is 2. The highest BCUT2D eigenvalue weighted by atomic mass is 16.5.